The minimum Gasteiger partial charge on any atom is -0.443 e. The molecule has 0 unspecified atom stereocenters. The van der Waals surface area contributed by atoms with Crippen LogP contribution >= 0.6 is 11.9 Å². The van der Waals surface area contributed by atoms with Gasteiger partial charge >= 0.3 is 0 Å². The van der Waals surface area contributed by atoms with Crippen LogP contribution in [0, 0.1) is 18.6 Å². The summed E-state index contributed by atoms with van der Waals surface area (Å²) < 4.78 is 37.3. The molecule has 4 nitrogen and oxygen atoms in total. The SMILES string of the molecule is CC.Cc1ccc(Nc2c(NSC3CC3)cc3ocnc3c2F)c(F)c1. The summed E-state index contributed by atoms with van der Waals surface area (Å²) in [4.78, 5) is 3.90. The molecule has 4 rings (SSSR count). The summed E-state index contributed by atoms with van der Waals surface area (Å²) in [6.45, 7) is 5.80. The number of halogens is 2. The van der Waals surface area contributed by atoms with Crippen LogP contribution in [0.5, 0.6) is 0 Å². The Kier molecular flexibility index (Phi) is 5.66. The largest absolute Gasteiger partial charge is 0.443 e. The highest BCUT2D eigenvalue weighted by atomic mass is 32.2. The molecule has 7 heteroatoms. The van der Waals surface area contributed by atoms with Crippen LogP contribution < -0.4 is 10.0 Å². The van der Waals surface area contributed by atoms with Gasteiger partial charge in [-0.05, 0) is 49.4 Å². The number of oxazole rings is 1. The van der Waals surface area contributed by atoms with Gasteiger partial charge < -0.3 is 14.5 Å². The van der Waals surface area contributed by atoms with E-state index in [9.17, 15) is 8.78 Å². The first-order chi connectivity index (χ1) is 12.6. The predicted octanol–water partition coefficient (Wildman–Crippen LogP) is 6.41. The van der Waals surface area contributed by atoms with Crippen LogP contribution in [0.15, 0.2) is 35.1 Å². The molecule has 1 saturated carbocycles. The van der Waals surface area contributed by atoms with Gasteiger partial charge in [0.2, 0.25) is 0 Å². The molecule has 1 fully saturated rings. The summed E-state index contributed by atoms with van der Waals surface area (Å²) in [6, 6.07) is 6.44. The molecule has 3 aromatic rings. The zero-order chi connectivity index (χ0) is 18.7. The third-order valence-electron chi connectivity index (χ3n) is 3.81. The van der Waals surface area contributed by atoms with Crippen LogP contribution in [0.2, 0.25) is 0 Å². The molecule has 26 heavy (non-hydrogen) atoms. The number of hydrogen-bond donors (Lipinski definition) is 2. The molecular weight excluding hydrogens is 356 g/mol. The van der Waals surface area contributed by atoms with Crippen LogP contribution in [0.25, 0.3) is 11.1 Å². The van der Waals surface area contributed by atoms with Crippen molar-refractivity contribution in [1.82, 2.24) is 4.98 Å². The topological polar surface area (TPSA) is 50.1 Å². The number of aryl methyl sites for hydroxylation is 1. The Morgan fingerprint density at radius 2 is 1.92 bits per heavy atom. The number of rotatable bonds is 5. The summed E-state index contributed by atoms with van der Waals surface area (Å²) in [5.41, 5.74) is 2.14. The van der Waals surface area contributed by atoms with Gasteiger partial charge in [-0.15, -0.1) is 0 Å². The maximum absolute atomic E-state index is 14.8. The van der Waals surface area contributed by atoms with Crippen molar-refractivity contribution in [2.75, 3.05) is 10.0 Å². The van der Waals surface area contributed by atoms with Crippen molar-refractivity contribution in [1.29, 1.82) is 0 Å². The summed E-state index contributed by atoms with van der Waals surface area (Å²) >= 11 is 1.53. The van der Waals surface area contributed by atoms with Crippen LogP contribution in [0.3, 0.4) is 0 Å². The highest BCUT2D eigenvalue weighted by Gasteiger charge is 2.24. The van der Waals surface area contributed by atoms with Crippen molar-refractivity contribution in [2.45, 2.75) is 38.9 Å². The molecule has 0 spiro atoms. The first kappa shape index (κ1) is 18.5. The van der Waals surface area contributed by atoms with Crippen molar-refractivity contribution < 1.29 is 13.2 Å². The van der Waals surface area contributed by atoms with Crippen LogP contribution in [0.1, 0.15) is 32.3 Å². The van der Waals surface area contributed by atoms with Crippen molar-refractivity contribution >= 4 is 40.1 Å². The lowest BCUT2D eigenvalue weighted by Crippen LogP contribution is -2.02. The van der Waals surface area contributed by atoms with Crippen LogP contribution in [-0.4, -0.2) is 10.2 Å². The molecule has 2 aromatic carbocycles. The Labute approximate surface area is 155 Å². The van der Waals surface area contributed by atoms with Gasteiger partial charge in [-0.2, -0.15) is 0 Å². The third kappa shape index (κ3) is 3.93. The Bertz CT molecular complexity index is 909. The molecule has 0 radical (unpaired) electrons. The Hall–Kier alpha value is -2.28. The number of fused-ring (bicyclic) bond motifs is 1. The number of benzene rings is 2. The normalized spacial score (nSPS) is 13.3. The number of nitrogens with zero attached hydrogens (tertiary/aromatic N) is 1. The standard InChI is InChI=1S/C17H15F2N3OS.C2H6/c1-9-2-5-12(11(18)6-9)21-16-13(22-24-10-3-4-10)7-14-17(15(16)19)20-8-23-14;1-2/h2,5-8,10,21-22H,3-4H2,1H3;1-2H3. The van der Waals surface area contributed by atoms with Gasteiger partial charge in [0, 0.05) is 11.3 Å². The third-order valence-corrected chi connectivity index (χ3v) is 4.95. The lowest BCUT2D eigenvalue weighted by Gasteiger charge is -2.15. The maximum Gasteiger partial charge on any atom is 0.182 e. The summed E-state index contributed by atoms with van der Waals surface area (Å²) in [7, 11) is 0. The average Bonchev–Trinajstić information content (AvgIpc) is 3.35. The first-order valence-corrected chi connectivity index (χ1v) is 9.50. The molecular formula is C19H21F2N3OS. The van der Waals surface area contributed by atoms with Gasteiger partial charge in [0.05, 0.1) is 11.4 Å². The van der Waals surface area contributed by atoms with E-state index >= 15 is 0 Å². The van der Waals surface area contributed by atoms with E-state index < -0.39 is 11.6 Å². The summed E-state index contributed by atoms with van der Waals surface area (Å²) in [5, 5.41) is 3.38. The van der Waals surface area contributed by atoms with E-state index in [1.54, 1.807) is 25.1 Å². The van der Waals surface area contributed by atoms with E-state index in [1.165, 1.54) is 24.4 Å². The van der Waals surface area contributed by atoms with Crippen molar-refractivity contribution in [3.63, 3.8) is 0 Å². The Morgan fingerprint density at radius 1 is 1.15 bits per heavy atom. The fourth-order valence-electron chi connectivity index (χ4n) is 2.35. The smallest absolute Gasteiger partial charge is 0.182 e. The molecule has 0 saturated heterocycles. The van der Waals surface area contributed by atoms with Crippen molar-refractivity contribution in [3.8, 4) is 0 Å². The van der Waals surface area contributed by atoms with E-state index in [0.717, 1.165) is 18.4 Å². The van der Waals surface area contributed by atoms with Gasteiger partial charge in [0.15, 0.2) is 17.8 Å². The zero-order valence-electron chi connectivity index (χ0n) is 14.9. The predicted molar refractivity (Wildman–Crippen MR) is 104 cm³/mol. The van der Waals surface area contributed by atoms with Gasteiger partial charge in [0.25, 0.3) is 0 Å². The second-order valence-electron chi connectivity index (χ2n) is 5.84. The lowest BCUT2D eigenvalue weighted by atomic mass is 10.2. The van der Waals surface area contributed by atoms with E-state index in [4.69, 9.17) is 4.42 Å². The molecule has 1 aliphatic carbocycles. The maximum atomic E-state index is 14.8. The lowest BCUT2D eigenvalue weighted by molar-refractivity contribution is 0.601. The number of aromatic nitrogens is 1. The number of hydrogen-bond acceptors (Lipinski definition) is 5. The highest BCUT2D eigenvalue weighted by molar-refractivity contribution is 8.01. The summed E-state index contributed by atoms with van der Waals surface area (Å²) in [6.07, 6.45) is 3.47. The van der Waals surface area contributed by atoms with Gasteiger partial charge in [0.1, 0.15) is 17.0 Å². The Morgan fingerprint density at radius 3 is 2.62 bits per heavy atom. The van der Waals surface area contributed by atoms with Gasteiger partial charge in [-0.3, -0.25) is 0 Å². The fourth-order valence-corrected chi connectivity index (χ4v) is 3.18. The molecule has 1 heterocycles. The Balaban J connectivity index is 0.000000948. The van der Waals surface area contributed by atoms with Crippen molar-refractivity contribution in [2.24, 2.45) is 0 Å². The summed E-state index contributed by atoms with van der Waals surface area (Å²) in [5.74, 6) is -1.00. The van der Waals surface area contributed by atoms with E-state index in [0.29, 0.717) is 16.5 Å². The second-order valence-corrected chi connectivity index (χ2v) is 6.95. The monoisotopic (exact) mass is 377 g/mol. The molecule has 1 aliphatic rings. The van der Waals surface area contributed by atoms with Crippen molar-refractivity contribution in [3.05, 3.63) is 47.9 Å². The minimum absolute atomic E-state index is 0.118. The average molecular weight is 377 g/mol. The molecule has 138 valence electrons. The second kappa shape index (κ2) is 7.95. The molecule has 2 N–H and O–H groups in total. The van der Waals surface area contributed by atoms with E-state index in [2.05, 4.69) is 15.0 Å². The van der Waals surface area contributed by atoms with Crippen LogP contribution in [-0.2, 0) is 0 Å². The molecule has 0 amide bonds. The molecule has 0 bridgehead atoms. The first-order valence-electron chi connectivity index (χ1n) is 8.62. The molecule has 0 aliphatic heterocycles. The zero-order valence-corrected chi connectivity index (χ0v) is 15.7. The minimum atomic E-state index is -0.569. The number of nitrogens with one attached hydrogen (secondary N) is 2. The molecule has 0 atom stereocenters. The highest BCUT2D eigenvalue weighted by Crippen LogP contribution is 2.40. The number of anilines is 3. The fraction of sp³-hybridized carbons (Fsp3) is 0.316. The molecule has 1 aromatic heterocycles. The quantitative estimate of drug-likeness (QED) is 0.503. The van der Waals surface area contributed by atoms with Gasteiger partial charge in [-0.25, -0.2) is 13.8 Å². The van der Waals surface area contributed by atoms with E-state index in [-0.39, 0.29) is 16.9 Å². The van der Waals surface area contributed by atoms with E-state index in [1.807, 2.05) is 13.8 Å². The van der Waals surface area contributed by atoms with Crippen LogP contribution in [0.4, 0.5) is 25.8 Å². The van der Waals surface area contributed by atoms with Gasteiger partial charge in [-0.1, -0.05) is 19.9 Å².